The molecule has 0 aromatic rings. The second kappa shape index (κ2) is 44.9. The standard InChI is InChI=1S/C52H100O6/c1-6-7-8-9-10-11-15-22-27-32-37-42-50(53)56-45-49(46-57-51(54)43-38-33-28-23-19-18-21-26-31-36-41-48(4)5)58-52(55)44-39-34-29-24-17-14-12-13-16-20-25-30-35-40-47(2)3/h47-49H,6-46H2,1-5H3/t49-/m1/s1. The Morgan fingerprint density at radius 2 is 0.569 bits per heavy atom. The lowest BCUT2D eigenvalue weighted by Crippen LogP contribution is -2.30. The van der Waals surface area contributed by atoms with E-state index in [0.29, 0.717) is 19.3 Å². The minimum Gasteiger partial charge on any atom is -0.462 e. The van der Waals surface area contributed by atoms with Crippen LogP contribution in [0.15, 0.2) is 0 Å². The van der Waals surface area contributed by atoms with Crippen LogP contribution in [-0.2, 0) is 28.6 Å². The monoisotopic (exact) mass is 821 g/mol. The van der Waals surface area contributed by atoms with Gasteiger partial charge in [0, 0.05) is 19.3 Å². The maximum atomic E-state index is 12.8. The molecule has 0 aliphatic rings. The number of unbranched alkanes of at least 4 members (excludes halogenated alkanes) is 31. The van der Waals surface area contributed by atoms with Crippen molar-refractivity contribution in [2.45, 2.75) is 291 Å². The Bertz CT molecular complexity index is 885. The zero-order chi connectivity index (χ0) is 42.6. The van der Waals surface area contributed by atoms with Crippen molar-refractivity contribution in [2.24, 2.45) is 11.8 Å². The Balaban J connectivity index is 4.31. The van der Waals surface area contributed by atoms with Gasteiger partial charge in [-0.15, -0.1) is 0 Å². The van der Waals surface area contributed by atoms with Crippen LogP contribution < -0.4 is 0 Å². The van der Waals surface area contributed by atoms with Gasteiger partial charge in [-0.2, -0.15) is 0 Å². The molecule has 1 atom stereocenters. The summed E-state index contributed by atoms with van der Waals surface area (Å²) < 4.78 is 16.8. The first-order chi connectivity index (χ1) is 28.2. The molecule has 0 rings (SSSR count). The minimum absolute atomic E-state index is 0.0637. The van der Waals surface area contributed by atoms with Crippen LogP contribution in [0.1, 0.15) is 285 Å². The third kappa shape index (κ3) is 45.5. The van der Waals surface area contributed by atoms with Gasteiger partial charge in [-0.25, -0.2) is 0 Å². The van der Waals surface area contributed by atoms with Gasteiger partial charge in [0.1, 0.15) is 13.2 Å². The van der Waals surface area contributed by atoms with Gasteiger partial charge in [0.2, 0.25) is 0 Å². The molecule has 0 aliphatic heterocycles. The normalized spacial score (nSPS) is 12.1. The van der Waals surface area contributed by atoms with Crippen molar-refractivity contribution in [3.8, 4) is 0 Å². The van der Waals surface area contributed by atoms with E-state index in [4.69, 9.17) is 14.2 Å². The molecule has 0 aromatic heterocycles. The van der Waals surface area contributed by atoms with Crippen LogP contribution in [0.4, 0.5) is 0 Å². The van der Waals surface area contributed by atoms with Gasteiger partial charge < -0.3 is 14.2 Å². The zero-order valence-corrected chi connectivity index (χ0v) is 39.7. The number of carbonyl (C=O) groups is 3. The summed E-state index contributed by atoms with van der Waals surface area (Å²) in [5.41, 5.74) is 0. The number of ether oxygens (including phenoxy) is 3. The number of hydrogen-bond donors (Lipinski definition) is 0. The fourth-order valence-electron chi connectivity index (χ4n) is 7.81. The first-order valence-electron chi connectivity index (χ1n) is 25.7. The highest BCUT2D eigenvalue weighted by molar-refractivity contribution is 5.71. The van der Waals surface area contributed by atoms with Crippen LogP contribution in [0.2, 0.25) is 0 Å². The van der Waals surface area contributed by atoms with E-state index < -0.39 is 6.10 Å². The van der Waals surface area contributed by atoms with Gasteiger partial charge in [-0.05, 0) is 31.1 Å². The lowest BCUT2D eigenvalue weighted by molar-refractivity contribution is -0.167. The summed E-state index contributed by atoms with van der Waals surface area (Å²) in [6, 6.07) is 0. The average Bonchev–Trinajstić information content (AvgIpc) is 3.19. The van der Waals surface area contributed by atoms with Crippen LogP contribution in [-0.4, -0.2) is 37.2 Å². The molecular weight excluding hydrogens is 721 g/mol. The summed E-state index contributed by atoms with van der Waals surface area (Å²) in [6.07, 6.45) is 45.1. The molecule has 6 heteroatoms. The quantitative estimate of drug-likeness (QED) is 0.0346. The highest BCUT2D eigenvalue weighted by Crippen LogP contribution is 2.17. The highest BCUT2D eigenvalue weighted by atomic mass is 16.6. The molecule has 0 heterocycles. The summed E-state index contributed by atoms with van der Waals surface area (Å²) in [5, 5.41) is 0. The minimum atomic E-state index is -0.761. The van der Waals surface area contributed by atoms with Crippen LogP contribution in [0.5, 0.6) is 0 Å². The molecule has 0 aromatic carbocycles. The number of carbonyl (C=O) groups excluding carboxylic acids is 3. The van der Waals surface area contributed by atoms with Gasteiger partial charge in [0.25, 0.3) is 0 Å². The molecule has 0 saturated carbocycles. The van der Waals surface area contributed by atoms with Crippen molar-refractivity contribution in [1.82, 2.24) is 0 Å². The van der Waals surface area contributed by atoms with Crippen LogP contribution >= 0.6 is 0 Å². The van der Waals surface area contributed by atoms with Crippen LogP contribution in [0.3, 0.4) is 0 Å². The number of hydrogen-bond acceptors (Lipinski definition) is 6. The summed E-state index contributed by atoms with van der Waals surface area (Å²) in [4.78, 5) is 37.9. The van der Waals surface area contributed by atoms with Crippen molar-refractivity contribution in [3.63, 3.8) is 0 Å². The SMILES string of the molecule is CCCCCCCCCCCCCC(=O)OC[C@H](COC(=O)CCCCCCCCCCCCC(C)C)OC(=O)CCCCCCCCCCCCCCCC(C)C. The molecule has 58 heavy (non-hydrogen) atoms. The molecule has 0 saturated heterocycles. The van der Waals surface area contributed by atoms with Crippen molar-refractivity contribution in [2.75, 3.05) is 13.2 Å². The smallest absolute Gasteiger partial charge is 0.306 e. The molecule has 344 valence electrons. The second-order valence-corrected chi connectivity index (χ2v) is 18.8. The van der Waals surface area contributed by atoms with Gasteiger partial charge in [-0.1, -0.05) is 247 Å². The van der Waals surface area contributed by atoms with Gasteiger partial charge in [0.15, 0.2) is 6.10 Å². The lowest BCUT2D eigenvalue weighted by Gasteiger charge is -2.18. The maximum Gasteiger partial charge on any atom is 0.306 e. The molecule has 0 radical (unpaired) electrons. The lowest BCUT2D eigenvalue weighted by atomic mass is 10.0. The zero-order valence-electron chi connectivity index (χ0n) is 39.7. The molecule has 0 bridgehead atoms. The van der Waals surface area contributed by atoms with E-state index in [-0.39, 0.29) is 31.1 Å². The average molecular weight is 821 g/mol. The molecule has 0 N–H and O–H groups in total. The first kappa shape index (κ1) is 56.4. The van der Waals surface area contributed by atoms with Crippen LogP contribution in [0.25, 0.3) is 0 Å². The van der Waals surface area contributed by atoms with E-state index in [1.165, 1.54) is 173 Å². The second-order valence-electron chi connectivity index (χ2n) is 18.8. The molecule has 0 fully saturated rings. The highest BCUT2D eigenvalue weighted by Gasteiger charge is 2.19. The summed E-state index contributed by atoms with van der Waals surface area (Å²) in [7, 11) is 0. The van der Waals surface area contributed by atoms with E-state index in [9.17, 15) is 14.4 Å². The Labute approximate surface area is 361 Å². The van der Waals surface area contributed by atoms with E-state index >= 15 is 0 Å². The topological polar surface area (TPSA) is 78.9 Å². The Morgan fingerprint density at radius 1 is 0.328 bits per heavy atom. The van der Waals surface area contributed by atoms with Crippen molar-refractivity contribution >= 4 is 17.9 Å². The number of rotatable bonds is 46. The molecule has 0 unspecified atom stereocenters. The molecule has 0 spiro atoms. The fourth-order valence-corrected chi connectivity index (χ4v) is 7.81. The van der Waals surface area contributed by atoms with Crippen LogP contribution in [0, 0.1) is 11.8 Å². The van der Waals surface area contributed by atoms with E-state index in [1.807, 2.05) is 0 Å². The third-order valence-electron chi connectivity index (χ3n) is 11.7. The van der Waals surface area contributed by atoms with Crippen molar-refractivity contribution in [1.29, 1.82) is 0 Å². The number of esters is 3. The largest absolute Gasteiger partial charge is 0.462 e. The third-order valence-corrected chi connectivity index (χ3v) is 11.7. The summed E-state index contributed by atoms with van der Waals surface area (Å²) in [5.74, 6) is 0.808. The molecule has 6 nitrogen and oxygen atoms in total. The molecule has 0 aliphatic carbocycles. The van der Waals surface area contributed by atoms with E-state index in [1.54, 1.807) is 0 Å². The predicted molar refractivity (Wildman–Crippen MR) is 247 cm³/mol. The van der Waals surface area contributed by atoms with Gasteiger partial charge >= 0.3 is 17.9 Å². The maximum absolute atomic E-state index is 12.8. The summed E-state index contributed by atoms with van der Waals surface area (Å²) in [6.45, 7) is 11.4. The first-order valence-corrected chi connectivity index (χ1v) is 25.7. The van der Waals surface area contributed by atoms with Crippen molar-refractivity contribution in [3.05, 3.63) is 0 Å². The van der Waals surface area contributed by atoms with Gasteiger partial charge in [0.05, 0.1) is 0 Å². The molecular formula is C52H100O6. The Morgan fingerprint density at radius 3 is 0.845 bits per heavy atom. The predicted octanol–water partition coefficient (Wildman–Crippen LogP) is 16.5. The fraction of sp³-hybridized carbons (Fsp3) is 0.942. The van der Waals surface area contributed by atoms with E-state index in [2.05, 4.69) is 34.6 Å². The summed E-state index contributed by atoms with van der Waals surface area (Å²) >= 11 is 0. The van der Waals surface area contributed by atoms with Gasteiger partial charge in [-0.3, -0.25) is 14.4 Å². The Hall–Kier alpha value is -1.59. The molecule has 0 amide bonds. The Kier molecular flexibility index (Phi) is 43.7. The van der Waals surface area contributed by atoms with E-state index in [0.717, 1.165) is 69.6 Å². The van der Waals surface area contributed by atoms with Crippen molar-refractivity contribution < 1.29 is 28.6 Å².